The molecule has 0 aromatic carbocycles. The van der Waals surface area contributed by atoms with Gasteiger partial charge in [0.15, 0.2) is 0 Å². The van der Waals surface area contributed by atoms with Gasteiger partial charge >= 0.3 is 0 Å². The standard InChI is InChI=1S/C9H14O2/c1-4-9(7-10)6-5-8(2)11-3/h4-8H,1-3H3/b6-5+,9-4+. The Balaban J connectivity index is 3.99. The van der Waals surface area contributed by atoms with Crippen LogP contribution in [-0.2, 0) is 9.53 Å². The number of carbonyl (C=O) groups excluding carboxylic acids is 1. The van der Waals surface area contributed by atoms with Crippen LogP contribution in [-0.4, -0.2) is 19.5 Å². The first-order valence-electron chi connectivity index (χ1n) is 3.57. The highest BCUT2D eigenvalue weighted by atomic mass is 16.5. The lowest BCUT2D eigenvalue weighted by Gasteiger charge is -2.00. The second-order valence-corrected chi connectivity index (χ2v) is 2.21. The van der Waals surface area contributed by atoms with Gasteiger partial charge in [-0.3, -0.25) is 4.79 Å². The van der Waals surface area contributed by atoms with E-state index in [1.165, 1.54) is 0 Å². The molecule has 0 radical (unpaired) electrons. The molecule has 0 saturated carbocycles. The Bertz CT molecular complexity index is 168. The SMILES string of the molecule is C/C=C(C=O)\C=C\C(C)OC. The highest BCUT2D eigenvalue weighted by molar-refractivity contribution is 5.77. The third-order valence-corrected chi connectivity index (χ3v) is 1.40. The maximum Gasteiger partial charge on any atom is 0.149 e. The normalized spacial score (nSPS) is 15.4. The molecule has 0 N–H and O–H groups in total. The van der Waals surface area contributed by atoms with E-state index in [0.29, 0.717) is 5.57 Å². The molecule has 1 unspecified atom stereocenters. The van der Waals surface area contributed by atoms with E-state index in [0.717, 1.165) is 6.29 Å². The average Bonchev–Trinajstić information content (AvgIpc) is 2.06. The van der Waals surface area contributed by atoms with Crippen LogP contribution in [0.2, 0.25) is 0 Å². The Labute approximate surface area is 67.6 Å². The predicted octanol–water partition coefficient (Wildman–Crippen LogP) is 1.72. The Kier molecular flexibility index (Phi) is 5.39. The Hall–Kier alpha value is -0.890. The maximum atomic E-state index is 10.3. The minimum absolute atomic E-state index is 0.0601. The molecular weight excluding hydrogens is 140 g/mol. The van der Waals surface area contributed by atoms with E-state index in [-0.39, 0.29) is 6.10 Å². The molecule has 2 nitrogen and oxygen atoms in total. The van der Waals surface area contributed by atoms with Gasteiger partial charge in [0.2, 0.25) is 0 Å². The van der Waals surface area contributed by atoms with E-state index < -0.39 is 0 Å². The number of allylic oxidation sites excluding steroid dienone is 3. The van der Waals surface area contributed by atoms with Crippen LogP contribution >= 0.6 is 0 Å². The first-order chi connectivity index (χ1) is 5.24. The van der Waals surface area contributed by atoms with Gasteiger partial charge in [-0.1, -0.05) is 18.2 Å². The fourth-order valence-electron chi connectivity index (χ4n) is 0.529. The largest absolute Gasteiger partial charge is 0.378 e. The average molecular weight is 154 g/mol. The van der Waals surface area contributed by atoms with Crippen LogP contribution in [0.25, 0.3) is 0 Å². The third kappa shape index (κ3) is 4.51. The molecule has 0 aliphatic heterocycles. The number of hydrogen-bond donors (Lipinski definition) is 0. The number of methoxy groups -OCH3 is 1. The van der Waals surface area contributed by atoms with Crippen molar-refractivity contribution >= 4 is 6.29 Å². The van der Waals surface area contributed by atoms with E-state index >= 15 is 0 Å². The molecule has 0 bridgehead atoms. The summed E-state index contributed by atoms with van der Waals surface area (Å²) in [5.41, 5.74) is 0.675. The monoisotopic (exact) mass is 154 g/mol. The number of rotatable bonds is 4. The van der Waals surface area contributed by atoms with Crippen molar-refractivity contribution in [2.75, 3.05) is 7.11 Å². The molecule has 0 saturated heterocycles. The zero-order valence-electron chi connectivity index (χ0n) is 7.20. The molecule has 0 aliphatic rings. The zero-order valence-corrected chi connectivity index (χ0v) is 7.20. The van der Waals surface area contributed by atoms with E-state index in [4.69, 9.17) is 4.74 Å². The molecule has 11 heavy (non-hydrogen) atoms. The van der Waals surface area contributed by atoms with Gasteiger partial charge in [-0.15, -0.1) is 0 Å². The van der Waals surface area contributed by atoms with E-state index in [1.807, 2.05) is 19.9 Å². The summed E-state index contributed by atoms with van der Waals surface area (Å²) in [5, 5.41) is 0. The highest BCUT2D eigenvalue weighted by Gasteiger charge is 1.91. The van der Waals surface area contributed by atoms with Gasteiger partial charge in [-0.05, 0) is 13.8 Å². The van der Waals surface area contributed by atoms with E-state index in [1.54, 1.807) is 19.3 Å². The van der Waals surface area contributed by atoms with Crippen LogP contribution < -0.4 is 0 Å². The molecule has 0 aliphatic carbocycles. The van der Waals surface area contributed by atoms with Crippen LogP contribution in [0.15, 0.2) is 23.8 Å². The maximum absolute atomic E-state index is 10.3. The minimum Gasteiger partial charge on any atom is -0.378 e. The fraction of sp³-hybridized carbons (Fsp3) is 0.444. The van der Waals surface area contributed by atoms with Gasteiger partial charge in [0.05, 0.1) is 6.10 Å². The van der Waals surface area contributed by atoms with Crippen molar-refractivity contribution in [3.63, 3.8) is 0 Å². The molecule has 0 fully saturated rings. The topological polar surface area (TPSA) is 26.3 Å². The van der Waals surface area contributed by atoms with Crippen LogP contribution in [0.5, 0.6) is 0 Å². The van der Waals surface area contributed by atoms with Gasteiger partial charge in [0, 0.05) is 12.7 Å². The molecule has 0 heterocycles. The van der Waals surface area contributed by atoms with E-state index in [9.17, 15) is 4.79 Å². The summed E-state index contributed by atoms with van der Waals surface area (Å²) < 4.78 is 4.96. The molecular formula is C9H14O2. The van der Waals surface area contributed by atoms with Crippen molar-refractivity contribution in [1.29, 1.82) is 0 Å². The van der Waals surface area contributed by atoms with Gasteiger partial charge < -0.3 is 4.74 Å². The summed E-state index contributed by atoms with van der Waals surface area (Å²) in [4.78, 5) is 10.3. The Morgan fingerprint density at radius 1 is 1.55 bits per heavy atom. The van der Waals surface area contributed by atoms with Gasteiger partial charge in [-0.2, -0.15) is 0 Å². The molecule has 0 aromatic heterocycles. The summed E-state index contributed by atoms with van der Waals surface area (Å²) in [6.07, 6.45) is 6.22. The summed E-state index contributed by atoms with van der Waals surface area (Å²) >= 11 is 0. The number of carbonyl (C=O) groups is 1. The summed E-state index contributed by atoms with van der Waals surface area (Å²) in [6, 6.07) is 0. The highest BCUT2D eigenvalue weighted by Crippen LogP contribution is 1.96. The first kappa shape index (κ1) is 10.1. The van der Waals surface area contributed by atoms with Gasteiger partial charge in [0.1, 0.15) is 6.29 Å². The molecule has 0 spiro atoms. The zero-order chi connectivity index (χ0) is 8.69. The lowest BCUT2D eigenvalue weighted by molar-refractivity contribution is -0.104. The molecule has 62 valence electrons. The smallest absolute Gasteiger partial charge is 0.149 e. The van der Waals surface area contributed by atoms with Gasteiger partial charge in [0.25, 0.3) is 0 Å². The summed E-state index contributed by atoms with van der Waals surface area (Å²) in [6.45, 7) is 3.74. The van der Waals surface area contributed by atoms with Crippen molar-refractivity contribution in [3.8, 4) is 0 Å². The second kappa shape index (κ2) is 5.86. The van der Waals surface area contributed by atoms with Crippen LogP contribution in [0.3, 0.4) is 0 Å². The minimum atomic E-state index is 0.0601. The number of aldehydes is 1. The molecule has 0 aromatic rings. The number of hydrogen-bond acceptors (Lipinski definition) is 2. The van der Waals surface area contributed by atoms with Crippen molar-refractivity contribution in [1.82, 2.24) is 0 Å². The van der Waals surface area contributed by atoms with Crippen molar-refractivity contribution in [2.24, 2.45) is 0 Å². The molecule has 0 rings (SSSR count). The van der Waals surface area contributed by atoms with Crippen LogP contribution in [0, 0.1) is 0 Å². The van der Waals surface area contributed by atoms with Crippen LogP contribution in [0.1, 0.15) is 13.8 Å². The molecule has 0 amide bonds. The van der Waals surface area contributed by atoms with Crippen molar-refractivity contribution in [3.05, 3.63) is 23.8 Å². The summed E-state index contributed by atoms with van der Waals surface area (Å²) in [5.74, 6) is 0. The Morgan fingerprint density at radius 2 is 2.18 bits per heavy atom. The quantitative estimate of drug-likeness (QED) is 0.350. The molecule has 1 atom stereocenters. The van der Waals surface area contributed by atoms with E-state index in [2.05, 4.69) is 0 Å². The Morgan fingerprint density at radius 3 is 2.55 bits per heavy atom. The van der Waals surface area contributed by atoms with Crippen LogP contribution in [0.4, 0.5) is 0 Å². The van der Waals surface area contributed by atoms with Gasteiger partial charge in [-0.25, -0.2) is 0 Å². The lowest BCUT2D eigenvalue weighted by Crippen LogP contribution is -1.98. The second-order valence-electron chi connectivity index (χ2n) is 2.21. The predicted molar refractivity (Wildman–Crippen MR) is 45.4 cm³/mol. The van der Waals surface area contributed by atoms with Crippen molar-refractivity contribution in [2.45, 2.75) is 20.0 Å². The fourth-order valence-corrected chi connectivity index (χ4v) is 0.529. The summed E-state index contributed by atoms with van der Waals surface area (Å²) in [7, 11) is 1.63. The molecule has 2 heteroatoms. The lowest BCUT2D eigenvalue weighted by atomic mass is 10.2. The third-order valence-electron chi connectivity index (χ3n) is 1.40. The first-order valence-corrected chi connectivity index (χ1v) is 3.57. The number of ether oxygens (including phenoxy) is 1. The van der Waals surface area contributed by atoms with Crippen molar-refractivity contribution < 1.29 is 9.53 Å².